The predicted octanol–water partition coefficient (Wildman–Crippen LogP) is 3.65. The molecule has 0 unspecified atom stereocenters. The maximum absolute atomic E-state index is 13.1. The molecule has 1 aromatic rings. The number of rotatable bonds is 4. The highest BCUT2D eigenvalue weighted by Gasteiger charge is 2.56. The van der Waals surface area contributed by atoms with Gasteiger partial charge in [-0.15, -0.1) is 0 Å². The molecule has 1 spiro atoms. The molecule has 1 saturated heterocycles. The number of hydrogen-bond acceptors (Lipinski definition) is 3. The van der Waals surface area contributed by atoms with Gasteiger partial charge in [0, 0.05) is 5.02 Å². The van der Waals surface area contributed by atoms with E-state index in [-0.39, 0.29) is 29.8 Å². The smallest absolute Gasteiger partial charge is 0.325 e. The third kappa shape index (κ3) is 4.17. The lowest BCUT2D eigenvalue weighted by atomic mass is 9.64. The summed E-state index contributed by atoms with van der Waals surface area (Å²) in [5, 5.41) is 6.36. The topological polar surface area (TPSA) is 78.5 Å². The molecule has 1 saturated carbocycles. The van der Waals surface area contributed by atoms with Crippen LogP contribution in [0.15, 0.2) is 24.3 Å². The molecule has 1 aromatic carbocycles. The van der Waals surface area contributed by atoms with E-state index in [1.807, 2.05) is 19.1 Å². The Morgan fingerprint density at radius 2 is 1.93 bits per heavy atom. The van der Waals surface area contributed by atoms with Crippen molar-refractivity contribution in [3.8, 4) is 0 Å². The first kappa shape index (κ1) is 20.6. The van der Waals surface area contributed by atoms with E-state index in [2.05, 4.69) is 31.4 Å². The fraction of sp³-hybridized carbons (Fsp3) is 0.571. The van der Waals surface area contributed by atoms with Crippen molar-refractivity contribution in [1.82, 2.24) is 15.5 Å². The van der Waals surface area contributed by atoms with Crippen LogP contribution in [0.4, 0.5) is 4.79 Å². The second kappa shape index (κ2) is 7.39. The van der Waals surface area contributed by atoms with E-state index in [0.29, 0.717) is 23.8 Å². The number of halogens is 1. The van der Waals surface area contributed by atoms with Crippen LogP contribution in [0.3, 0.4) is 0 Å². The lowest BCUT2D eigenvalue weighted by Crippen LogP contribution is -2.54. The first-order valence-electron chi connectivity index (χ1n) is 9.70. The van der Waals surface area contributed by atoms with Gasteiger partial charge in [-0.05, 0) is 55.2 Å². The van der Waals surface area contributed by atoms with E-state index >= 15 is 0 Å². The molecule has 0 aromatic heterocycles. The molecular formula is C21H28ClN3O3. The van der Waals surface area contributed by atoms with Crippen LogP contribution in [0.2, 0.25) is 5.02 Å². The molecule has 3 rings (SSSR count). The Morgan fingerprint density at radius 3 is 2.54 bits per heavy atom. The first-order valence-corrected chi connectivity index (χ1v) is 10.1. The highest BCUT2D eigenvalue weighted by molar-refractivity contribution is 6.30. The van der Waals surface area contributed by atoms with E-state index in [9.17, 15) is 14.4 Å². The monoisotopic (exact) mass is 405 g/mol. The summed E-state index contributed by atoms with van der Waals surface area (Å²) in [5.74, 6) is -0.329. The molecule has 0 radical (unpaired) electrons. The number of imide groups is 1. The molecule has 6 nitrogen and oxygen atoms in total. The Balaban J connectivity index is 1.67. The van der Waals surface area contributed by atoms with Crippen LogP contribution >= 0.6 is 11.6 Å². The molecule has 3 atom stereocenters. The van der Waals surface area contributed by atoms with Crippen LogP contribution in [0.25, 0.3) is 0 Å². The van der Waals surface area contributed by atoms with E-state index in [4.69, 9.17) is 11.6 Å². The summed E-state index contributed by atoms with van der Waals surface area (Å²) in [5.41, 5.74) is -0.0308. The van der Waals surface area contributed by atoms with Gasteiger partial charge in [-0.1, -0.05) is 44.5 Å². The summed E-state index contributed by atoms with van der Waals surface area (Å²) >= 11 is 5.89. The number of amides is 4. The van der Waals surface area contributed by atoms with Crippen molar-refractivity contribution in [2.24, 2.45) is 11.3 Å². The third-order valence-electron chi connectivity index (χ3n) is 5.67. The van der Waals surface area contributed by atoms with Gasteiger partial charge < -0.3 is 10.6 Å². The average molecular weight is 406 g/mol. The fourth-order valence-corrected chi connectivity index (χ4v) is 5.04. The molecule has 7 heteroatoms. The number of urea groups is 1. The van der Waals surface area contributed by atoms with Gasteiger partial charge >= 0.3 is 6.03 Å². The van der Waals surface area contributed by atoms with E-state index in [0.717, 1.165) is 16.9 Å². The third-order valence-corrected chi connectivity index (χ3v) is 5.93. The van der Waals surface area contributed by atoms with E-state index < -0.39 is 11.6 Å². The lowest BCUT2D eigenvalue weighted by Gasteiger charge is -2.43. The molecule has 0 bridgehead atoms. The van der Waals surface area contributed by atoms with Crippen LogP contribution in [0.1, 0.15) is 58.6 Å². The predicted molar refractivity (Wildman–Crippen MR) is 108 cm³/mol. The molecule has 152 valence electrons. The van der Waals surface area contributed by atoms with Gasteiger partial charge in [-0.25, -0.2) is 4.79 Å². The summed E-state index contributed by atoms with van der Waals surface area (Å²) in [6, 6.07) is 6.44. The molecule has 2 aliphatic rings. The summed E-state index contributed by atoms with van der Waals surface area (Å²) < 4.78 is 0. The SMILES string of the molecule is C[C@H]1CC(C)(C)C[C@@]2(C1)NC(=O)N(CC(=O)N[C@H](C)c1ccc(Cl)cc1)C2=O. The highest BCUT2D eigenvalue weighted by Crippen LogP contribution is 2.46. The quantitative estimate of drug-likeness (QED) is 0.750. The van der Waals surface area contributed by atoms with Crippen LogP contribution < -0.4 is 10.6 Å². The Kier molecular flexibility index (Phi) is 5.45. The van der Waals surface area contributed by atoms with Crippen molar-refractivity contribution in [3.63, 3.8) is 0 Å². The van der Waals surface area contributed by atoms with Gasteiger partial charge in [0.05, 0.1) is 6.04 Å². The summed E-state index contributed by atoms with van der Waals surface area (Å²) in [4.78, 5) is 39.2. The number of nitrogens with zero attached hydrogens (tertiary/aromatic N) is 1. The standard InChI is InChI=1S/C21H28ClN3O3/c1-13-9-20(3,4)12-21(10-13)18(27)25(19(28)24-21)11-17(26)23-14(2)15-5-7-16(22)8-6-15/h5-8,13-14H,9-12H2,1-4H3,(H,23,26)(H,24,28)/t13-,14+,21+/m0/s1. The Morgan fingerprint density at radius 1 is 1.29 bits per heavy atom. The summed E-state index contributed by atoms with van der Waals surface area (Å²) in [6.45, 7) is 7.91. The Labute approximate surface area is 171 Å². The largest absolute Gasteiger partial charge is 0.348 e. The van der Waals surface area contributed by atoms with Crippen molar-refractivity contribution in [2.45, 2.75) is 58.5 Å². The van der Waals surface area contributed by atoms with Crippen molar-refractivity contribution >= 4 is 29.4 Å². The second-order valence-corrected chi connectivity index (χ2v) is 9.54. The van der Waals surface area contributed by atoms with Crippen molar-refractivity contribution < 1.29 is 14.4 Å². The number of benzene rings is 1. The fourth-order valence-electron chi connectivity index (χ4n) is 4.92. The molecule has 2 fully saturated rings. The zero-order valence-corrected chi connectivity index (χ0v) is 17.6. The maximum Gasteiger partial charge on any atom is 0.325 e. The summed E-state index contributed by atoms with van der Waals surface area (Å²) in [6.07, 6.45) is 2.21. The van der Waals surface area contributed by atoms with Crippen LogP contribution in [0.5, 0.6) is 0 Å². The Bertz CT molecular complexity index is 793. The summed E-state index contributed by atoms with van der Waals surface area (Å²) in [7, 11) is 0. The number of carbonyl (C=O) groups is 3. The minimum absolute atomic E-state index is 0.0397. The number of hydrogen-bond donors (Lipinski definition) is 2. The van der Waals surface area contributed by atoms with Crippen LogP contribution in [-0.4, -0.2) is 34.8 Å². The van der Waals surface area contributed by atoms with E-state index in [1.165, 1.54) is 0 Å². The molecule has 1 aliphatic heterocycles. The van der Waals surface area contributed by atoms with Gasteiger partial charge in [0.25, 0.3) is 5.91 Å². The Hall–Kier alpha value is -2.08. The highest BCUT2D eigenvalue weighted by atomic mass is 35.5. The maximum atomic E-state index is 13.1. The van der Waals surface area contributed by atoms with Gasteiger partial charge in [-0.2, -0.15) is 0 Å². The normalized spacial score (nSPS) is 27.6. The van der Waals surface area contributed by atoms with Crippen molar-refractivity contribution in [3.05, 3.63) is 34.9 Å². The molecule has 4 amide bonds. The van der Waals surface area contributed by atoms with Gasteiger partial charge in [-0.3, -0.25) is 14.5 Å². The van der Waals surface area contributed by atoms with Crippen LogP contribution in [-0.2, 0) is 9.59 Å². The zero-order chi connectivity index (χ0) is 20.7. The minimum Gasteiger partial charge on any atom is -0.348 e. The number of nitrogens with one attached hydrogen (secondary N) is 2. The second-order valence-electron chi connectivity index (χ2n) is 9.10. The van der Waals surface area contributed by atoms with Crippen LogP contribution in [0, 0.1) is 11.3 Å². The molecule has 2 N–H and O–H groups in total. The molecule has 1 aliphatic carbocycles. The van der Waals surface area contributed by atoms with Gasteiger partial charge in [0.15, 0.2) is 0 Å². The molecular weight excluding hydrogens is 378 g/mol. The molecule has 28 heavy (non-hydrogen) atoms. The zero-order valence-electron chi connectivity index (χ0n) is 16.8. The van der Waals surface area contributed by atoms with Crippen molar-refractivity contribution in [2.75, 3.05) is 6.54 Å². The minimum atomic E-state index is -0.889. The van der Waals surface area contributed by atoms with Gasteiger partial charge in [0.1, 0.15) is 12.1 Å². The number of carbonyl (C=O) groups excluding carboxylic acids is 3. The van der Waals surface area contributed by atoms with Crippen molar-refractivity contribution in [1.29, 1.82) is 0 Å². The lowest BCUT2D eigenvalue weighted by molar-refractivity contribution is -0.137. The van der Waals surface area contributed by atoms with Gasteiger partial charge in [0.2, 0.25) is 5.91 Å². The average Bonchev–Trinajstić information content (AvgIpc) is 2.77. The van der Waals surface area contributed by atoms with E-state index in [1.54, 1.807) is 12.1 Å². The molecule has 1 heterocycles. The first-order chi connectivity index (χ1) is 13.0.